The Morgan fingerprint density at radius 3 is 2.22 bits per heavy atom. The average Bonchev–Trinajstić information content (AvgIpc) is 2.51. The second kappa shape index (κ2) is 5.70. The third-order valence-corrected chi connectivity index (χ3v) is 5.39. The molecule has 0 fully saturated rings. The molecule has 0 radical (unpaired) electrons. The van der Waals surface area contributed by atoms with Crippen molar-refractivity contribution in [3.63, 3.8) is 0 Å². The molecule has 0 bridgehead atoms. The van der Waals surface area contributed by atoms with Crippen LogP contribution in [0.15, 0.2) is 59.5 Å². The van der Waals surface area contributed by atoms with Crippen LogP contribution in [0.3, 0.4) is 0 Å². The fourth-order valence-corrected chi connectivity index (χ4v) is 3.88. The Kier molecular flexibility index (Phi) is 3.86. The fourth-order valence-electron chi connectivity index (χ4n) is 2.63. The van der Waals surface area contributed by atoms with Gasteiger partial charge in [0.2, 0.25) is 0 Å². The van der Waals surface area contributed by atoms with E-state index < -0.39 is 10.1 Å². The van der Waals surface area contributed by atoms with Gasteiger partial charge in [-0.05, 0) is 55.0 Å². The lowest BCUT2D eigenvalue weighted by atomic mass is 10.1. The molecule has 4 heteroatoms. The van der Waals surface area contributed by atoms with Crippen LogP contribution in [0, 0.1) is 20.8 Å². The lowest BCUT2D eigenvalue weighted by Gasteiger charge is -2.13. The number of hydrogen-bond donors (Lipinski definition) is 0. The zero-order valence-electron chi connectivity index (χ0n) is 13.3. The molecule has 3 nitrogen and oxygen atoms in total. The maximum Gasteiger partial charge on any atom is 0.339 e. The minimum absolute atomic E-state index is 0.216. The fraction of sp³-hybridized carbons (Fsp3) is 0.158. The highest BCUT2D eigenvalue weighted by Gasteiger charge is 2.21. The summed E-state index contributed by atoms with van der Waals surface area (Å²) in [6, 6.07) is 16.5. The molecule has 0 heterocycles. The topological polar surface area (TPSA) is 43.4 Å². The number of benzene rings is 3. The predicted molar refractivity (Wildman–Crippen MR) is 92.4 cm³/mol. The summed E-state index contributed by atoms with van der Waals surface area (Å²) in [5.41, 5.74) is 2.68. The summed E-state index contributed by atoms with van der Waals surface area (Å²) < 4.78 is 30.9. The largest absolute Gasteiger partial charge is 0.378 e. The monoisotopic (exact) mass is 326 g/mol. The first-order chi connectivity index (χ1) is 10.9. The average molecular weight is 326 g/mol. The molecule has 0 atom stereocenters. The normalized spacial score (nSPS) is 11.6. The number of fused-ring (bicyclic) bond motifs is 1. The molecule has 0 amide bonds. The van der Waals surface area contributed by atoms with Crippen molar-refractivity contribution >= 4 is 20.9 Å². The highest BCUT2D eigenvalue weighted by atomic mass is 32.2. The highest BCUT2D eigenvalue weighted by Crippen LogP contribution is 2.29. The molecule has 0 aliphatic carbocycles. The van der Waals surface area contributed by atoms with Crippen molar-refractivity contribution in [3.8, 4) is 5.75 Å². The van der Waals surface area contributed by atoms with Gasteiger partial charge in [0.05, 0.1) is 0 Å². The molecule has 0 spiro atoms. The van der Waals surface area contributed by atoms with E-state index in [1.54, 1.807) is 25.1 Å². The van der Waals surface area contributed by atoms with Crippen LogP contribution in [0.1, 0.15) is 16.7 Å². The first-order valence-corrected chi connectivity index (χ1v) is 8.79. The second-order valence-electron chi connectivity index (χ2n) is 5.72. The van der Waals surface area contributed by atoms with Gasteiger partial charge >= 0.3 is 10.1 Å². The molecule has 0 aromatic heterocycles. The van der Waals surface area contributed by atoms with Crippen molar-refractivity contribution < 1.29 is 12.6 Å². The molecule has 118 valence electrons. The van der Waals surface area contributed by atoms with E-state index in [4.69, 9.17) is 4.18 Å². The standard InChI is InChI=1S/C19H18O3S/c1-13-11-15(3)19(12-14(13)2)23(20,21)22-18-10-6-8-16-7-4-5-9-17(16)18/h4-12H,1-3H3. The molecule has 0 saturated carbocycles. The Morgan fingerprint density at radius 1 is 0.783 bits per heavy atom. The van der Waals surface area contributed by atoms with E-state index in [1.807, 2.05) is 50.2 Å². The van der Waals surface area contributed by atoms with E-state index in [-0.39, 0.29) is 4.90 Å². The van der Waals surface area contributed by atoms with Crippen molar-refractivity contribution in [1.82, 2.24) is 0 Å². The summed E-state index contributed by atoms with van der Waals surface area (Å²) in [4.78, 5) is 0.216. The lowest BCUT2D eigenvalue weighted by molar-refractivity contribution is 0.488. The van der Waals surface area contributed by atoms with Crippen molar-refractivity contribution in [2.24, 2.45) is 0 Å². The van der Waals surface area contributed by atoms with Crippen LogP contribution in [-0.4, -0.2) is 8.42 Å². The van der Waals surface area contributed by atoms with Gasteiger partial charge in [0.15, 0.2) is 5.75 Å². The van der Waals surface area contributed by atoms with Gasteiger partial charge in [-0.15, -0.1) is 0 Å². The second-order valence-corrected chi connectivity index (χ2v) is 7.23. The summed E-state index contributed by atoms with van der Waals surface area (Å²) in [5, 5.41) is 1.72. The van der Waals surface area contributed by atoms with E-state index >= 15 is 0 Å². The molecule has 3 aromatic carbocycles. The van der Waals surface area contributed by atoms with Gasteiger partial charge < -0.3 is 4.18 Å². The van der Waals surface area contributed by atoms with Crippen LogP contribution in [0.5, 0.6) is 5.75 Å². The Morgan fingerprint density at radius 2 is 1.43 bits per heavy atom. The SMILES string of the molecule is Cc1cc(C)c(S(=O)(=O)Oc2cccc3ccccc23)cc1C. The molecule has 0 aliphatic heterocycles. The summed E-state index contributed by atoms with van der Waals surface area (Å²) in [7, 11) is -3.87. The maximum atomic E-state index is 12.7. The minimum atomic E-state index is -3.87. The Bertz CT molecular complexity index is 983. The van der Waals surface area contributed by atoms with Crippen LogP contribution < -0.4 is 4.18 Å². The highest BCUT2D eigenvalue weighted by molar-refractivity contribution is 7.87. The quantitative estimate of drug-likeness (QED) is 0.664. The zero-order valence-corrected chi connectivity index (χ0v) is 14.1. The van der Waals surface area contributed by atoms with Gasteiger partial charge in [-0.3, -0.25) is 0 Å². The van der Waals surface area contributed by atoms with Crippen molar-refractivity contribution in [1.29, 1.82) is 0 Å². The van der Waals surface area contributed by atoms with E-state index in [9.17, 15) is 8.42 Å². The van der Waals surface area contributed by atoms with Crippen molar-refractivity contribution in [2.45, 2.75) is 25.7 Å². The zero-order chi connectivity index (χ0) is 16.6. The first-order valence-electron chi connectivity index (χ1n) is 7.38. The minimum Gasteiger partial charge on any atom is -0.378 e. The molecule has 3 rings (SSSR count). The lowest BCUT2D eigenvalue weighted by Crippen LogP contribution is -2.12. The van der Waals surface area contributed by atoms with Crippen molar-refractivity contribution in [3.05, 3.63) is 71.3 Å². The van der Waals surface area contributed by atoms with E-state index in [0.717, 1.165) is 21.9 Å². The van der Waals surface area contributed by atoms with Crippen LogP contribution >= 0.6 is 0 Å². The molecule has 0 unspecified atom stereocenters. The molecule has 0 saturated heterocycles. The Balaban J connectivity index is 2.09. The molecule has 0 aliphatic rings. The van der Waals surface area contributed by atoms with Gasteiger partial charge in [-0.25, -0.2) is 0 Å². The number of rotatable bonds is 3. The van der Waals surface area contributed by atoms with Crippen LogP contribution in [0.4, 0.5) is 0 Å². The number of aryl methyl sites for hydroxylation is 3. The summed E-state index contributed by atoms with van der Waals surface area (Å²) in [5.74, 6) is 0.348. The third kappa shape index (κ3) is 2.94. The van der Waals surface area contributed by atoms with Gasteiger partial charge in [0.25, 0.3) is 0 Å². The van der Waals surface area contributed by atoms with Crippen LogP contribution in [0.25, 0.3) is 10.8 Å². The Labute approximate surface area is 136 Å². The van der Waals surface area contributed by atoms with E-state index in [1.165, 1.54) is 0 Å². The van der Waals surface area contributed by atoms with E-state index in [2.05, 4.69) is 0 Å². The van der Waals surface area contributed by atoms with Gasteiger partial charge in [-0.1, -0.05) is 42.5 Å². The third-order valence-electron chi connectivity index (χ3n) is 4.01. The maximum absolute atomic E-state index is 12.7. The van der Waals surface area contributed by atoms with Crippen molar-refractivity contribution in [2.75, 3.05) is 0 Å². The Hall–Kier alpha value is -2.33. The molecule has 3 aromatic rings. The number of hydrogen-bond acceptors (Lipinski definition) is 3. The smallest absolute Gasteiger partial charge is 0.339 e. The molecular weight excluding hydrogens is 308 g/mol. The van der Waals surface area contributed by atoms with Gasteiger partial charge in [0.1, 0.15) is 4.90 Å². The van der Waals surface area contributed by atoms with Gasteiger partial charge in [-0.2, -0.15) is 8.42 Å². The molecule has 0 N–H and O–H groups in total. The van der Waals surface area contributed by atoms with Crippen LogP contribution in [-0.2, 0) is 10.1 Å². The summed E-state index contributed by atoms with van der Waals surface area (Å²) in [6.07, 6.45) is 0. The molecule has 23 heavy (non-hydrogen) atoms. The summed E-state index contributed by atoms with van der Waals surface area (Å²) in [6.45, 7) is 5.64. The van der Waals surface area contributed by atoms with Crippen LogP contribution in [0.2, 0.25) is 0 Å². The first kappa shape index (κ1) is 15.6. The van der Waals surface area contributed by atoms with Gasteiger partial charge in [0, 0.05) is 5.39 Å². The van der Waals surface area contributed by atoms with E-state index in [0.29, 0.717) is 11.3 Å². The summed E-state index contributed by atoms with van der Waals surface area (Å²) >= 11 is 0. The predicted octanol–water partition coefficient (Wildman–Crippen LogP) is 4.53. The molecular formula is C19H18O3S.